The number of ether oxygens (including phenoxy) is 1. The van der Waals surface area contributed by atoms with Crippen molar-refractivity contribution in [3.8, 4) is 0 Å². The van der Waals surface area contributed by atoms with Gasteiger partial charge in [0.15, 0.2) is 0 Å². The normalized spacial score (nSPS) is 34.8. The van der Waals surface area contributed by atoms with Crippen LogP contribution in [0.3, 0.4) is 0 Å². The maximum absolute atomic E-state index is 12.0. The predicted molar refractivity (Wildman–Crippen MR) is 63.1 cm³/mol. The second kappa shape index (κ2) is 4.74. The van der Waals surface area contributed by atoms with Crippen molar-refractivity contribution in [1.82, 2.24) is 5.32 Å². The zero-order valence-corrected chi connectivity index (χ0v) is 10.4. The molecule has 0 heterocycles. The second-order valence-electron chi connectivity index (χ2n) is 5.43. The molecular weight excluding hydrogens is 202 g/mol. The fraction of sp³-hybridized carbons (Fsp3) is 0.923. The lowest BCUT2D eigenvalue weighted by molar-refractivity contribution is -0.152. The zero-order chi connectivity index (χ0) is 11.6. The molecule has 92 valence electrons. The van der Waals surface area contributed by atoms with Crippen molar-refractivity contribution in [3.63, 3.8) is 0 Å². The molecule has 3 nitrogen and oxygen atoms in total. The van der Waals surface area contributed by atoms with Gasteiger partial charge in [-0.25, -0.2) is 0 Å². The highest BCUT2D eigenvalue weighted by Gasteiger charge is 2.46. The molecule has 0 aromatic rings. The lowest BCUT2D eigenvalue weighted by Crippen LogP contribution is -2.59. The predicted octanol–water partition coefficient (Wildman–Crippen LogP) is 2.11. The Hall–Kier alpha value is -0.570. The quantitative estimate of drug-likeness (QED) is 0.745. The number of nitrogens with one attached hydrogen (secondary N) is 1. The molecule has 0 aromatic carbocycles. The summed E-state index contributed by atoms with van der Waals surface area (Å²) in [6.07, 6.45) is 7.08. The highest BCUT2D eigenvalue weighted by Crippen LogP contribution is 2.36. The average Bonchev–Trinajstić information content (AvgIpc) is 3.11. The molecule has 0 aromatic heterocycles. The summed E-state index contributed by atoms with van der Waals surface area (Å²) in [5.41, 5.74) is -0.393. The summed E-state index contributed by atoms with van der Waals surface area (Å²) < 4.78 is 5.01. The van der Waals surface area contributed by atoms with Gasteiger partial charge < -0.3 is 10.1 Å². The standard InChI is InChI=1S/C13H23NO2/c1-10-5-3-4-8-13(10,12(15)16-2)14-9-11-6-7-11/h10-11,14H,3-9H2,1-2H3. The van der Waals surface area contributed by atoms with Gasteiger partial charge in [0.05, 0.1) is 7.11 Å². The topological polar surface area (TPSA) is 38.3 Å². The molecule has 2 unspecified atom stereocenters. The lowest BCUT2D eigenvalue weighted by Gasteiger charge is -2.41. The highest BCUT2D eigenvalue weighted by molar-refractivity contribution is 5.81. The molecule has 2 saturated carbocycles. The molecule has 0 spiro atoms. The lowest BCUT2D eigenvalue weighted by atomic mass is 9.73. The Balaban J connectivity index is 2.05. The Morgan fingerprint density at radius 2 is 2.12 bits per heavy atom. The van der Waals surface area contributed by atoms with Crippen LogP contribution < -0.4 is 5.32 Å². The van der Waals surface area contributed by atoms with Crippen LogP contribution in [0.4, 0.5) is 0 Å². The van der Waals surface area contributed by atoms with Crippen LogP contribution >= 0.6 is 0 Å². The largest absolute Gasteiger partial charge is 0.468 e. The first-order valence-electron chi connectivity index (χ1n) is 6.52. The summed E-state index contributed by atoms with van der Waals surface area (Å²) in [5, 5.41) is 3.52. The minimum Gasteiger partial charge on any atom is -0.468 e. The van der Waals surface area contributed by atoms with Gasteiger partial charge >= 0.3 is 5.97 Å². The molecule has 2 fully saturated rings. The SMILES string of the molecule is COC(=O)C1(NCC2CC2)CCCCC1C. The molecule has 0 aliphatic heterocycles. The smallest absolute Gasteiger partial charge is 0.326 e. The molecule has 1 N–H and O–H groups in total. The van der Waals surface area contributed by atoms with Crippen LogP contribution in [0.25, 0.3) is 0 Å². The van der Waals surface area contributed by atoms with Crippen molar-refractivity contribution in [2.24, 2.45) is 11.8 Å². The molecule has 2 atom stereocenters. The van der Waals surface area contributed by atoms with Gasteiger partial charge in [0.2, 0.25) is 0 Å². The maximum Gasteiger partial charge on any atom is 0.326 e. The van der Waals surface area contributed by atoms with Gasteiger partial charge in [-0.1, -0.05) is 19.8 Å². The highest BCUT2D eigenvalue weighted by atomic mass is 16.5. The Bertz CT molecular complexity index is 263. The number of rotatable bonds is 4. The number of methoxy groups -OCH3 is 1. The van der Waals surface area contributed by atoms with E-state index in [0.717, 1.165) is 31.7 Å². The third-order valence-electron chi connectivity index (χ3n) is 4.25. The van der Waals surface area contributed by atoms with Crippen molar-refractivity contribution in [2.75, 3.05) is 13.7 Å². The summed E-state index contributed by atoms with van der Waals surface area (Å²) in [4.78, 5) is 12.0. The van der Waals surface area contributed by atoms with E-state index in [4.69, 9.17) is 4.74 Å². The molecular formula is C13H23NO2. The van der Waals surface area contributed by atoms with Gasteiger partial charge in [-0.3, -0.25) is 4.79 Å². The third-order valence-corrected chi connectivity index (χ3v) is 4.25. The molecule has 2 aliphatic carbocycles. The van der Waals surface area contributed by atoms with E-state index in [1.807, 2.05) is 0 Å². The summed E-state index contributed by atoms with van der Waals surface area (Å²) in [6, 6.07) is 0. The molecule has 0 bridgehead atoms. The van der Waals surface area contributed by atoms with Crippen molar-refractivity contribution in [3.05, 3.63) is 0 Å². The molecule has 0 radical (unpaired) electrons. The van der Waals surface area contributed by atoms with Gasteiger partial charge in [0.25, 0.3) is 0 Å². The first-order valence-corrected chi connectivity index (χ1v) is 6.52. The van der Waals surface area contributed by atoms with Gasteiger partial charge in [0, 0.05) is 0 Å². The van der Waals surface area contributed by atoms with E-state index in [1.165, 1.54) is 26.4 Å². The van der Waals surface area contributed by atoms with Crippen LogP contribution in [0.2, 0.25) is 0 Å². The summed E-state index contributed by atoms with van der Waals surface area (Å²) in [7, 11) is 1.50. The van der Waals surface area contributed by atoms with Crippen LogP contribution in [0.1, 0.15) is 45.4 Å². The van der Waals surface area contributed by atoms with Gasteiger partial charge in [-0.15, -0.1) is 0 Å². The third kappa shape index (κ3) is 2.24. The maximum atomic E-state index is 12.0. The molecule has 3 heteroatoms. The Kier molecular flexibility index (Phi) is 3.53. The number of esters is 1. The first-order chi connectivity index (χ1) is 7.69. The Morgan fingerprint density at radius 3 is 2.69 bits per heavy atom. The van der Waals surface area contributed by atoms with Crippen molar-refractivity contribution in [2.45, 2.75) is 51.0 Å². The van der Waals surface area contributed by atoms with E-state index < -0.39 is 5.54 Å². The summed E-state index contributed by atoms with van der Waals surface area (Å²) in [6.45, 7) is 3.16. The van der Waals surface area contributed by atoms with Crippen molar-refractivity contribution in [1.29, 1.82) is 0 Å². The molecule has 2 aliphatic rings. The van der Waals surface area contributed by atoms with E-state index in [1.54, 1.807) is 0 Å². The van der Waals surface area contributed by atoms with Crippen LogP contribution in [0.15, 0.2) is 0 Å². The fourth-order valence-corrected chi connectivity index (χ4v) is 2.82. The van der Waals surface area contributed by atoms with E-state index in [0.29, 0.717) is 5.92 Å². The number of hydrogen-bond donors (Lipinski definition) is 1. The van der Waals surface area contributed by atoms with Crippen LogP contribution in [-0.2, 0) is 9.53 Å². The average molecular weight is 225 g/mol. The van der Waals surface area contributed by atoms with Crippen LogP contribution in [0.5, 0.6) is 0 Å². The van der Waals surface area contributed by atoms with E-state index in [-0.39, 0.29) is 5.97 Å². The number of carbonyl (C=O) groups excluding carboxylic acids is 1. The van der Waals surface area contributed by atoms with Crippen molar-refractivity contribution < 1.29 is 9.53 Å². The molecule has 0 amide bonds. The zero-order valence-electron chi connectivity index (χ0n) is 10.4. The minimum absolute atomic E-state index is 0.0552. The second-order valence-corrected chi connectivity index (χ2v) is 5.43. The van der Waals surface area contributed by atoms with E-state index in [9.17, 15) is 4.79 Å². The number of carbonyl (C=O) groups is 1. The molecule has 2 rings (SSSR count). The summed E-state index contributed by atoms with van der Waals surface area (Å²) in [5.74, 6) is 1.14. The van der Waals surface area contributed by atoms with Gasteiger partial charge in [-0.05, 0) is 44.1 Å². The summed E-state index contributed by atoms with van der Waals surface area (Å²) >= 11 is 0. The minimum atomic E-state index is -0.393. The van der Waals surface area contributed by atoms with Gasteiger partial charge in [0.1, 0.15) is 5.54 Å². The number of hydrogen-bond acceptors (Lipinski definition) is 3. The Morgan fingerprint density at radius 1 is 1.38 bits per heavy atom. The Labute approximate surface area is 97.9 Å². The van der Waals surface area contributed by atoms with E-state index in [2.05, 4.69) is 12.2 Å². The van der Waals surface area contributed by atoms with Crippen LogP contribution in [-0.4, -0.2) is 25.2 Å². The fourth-order valence-electron chi connectivity index (χ4n) is 2.82. The van der Waals surface area contributed by atoms with Crippen LogP contribution in [0, 0.1) is 11.8 Å². The monoisotopic (exact) mass is 225 g/mol. The van der Waals surface area contributed by atoms with Gasteiger partial charge in [-0.2, -0.15) is 0 Å². The molecule has 16 heavy (non-hydrogen) atoms. The first kappa shape index (κ1) is 11.9. The molecule has 0 saturated heterocycles. The van der Waals surface area contributed by atoms with E-state index >= 15 is 0 Å². The van der Waals surface area contributed by atoms with Crippen molar-refractivity contribution >= 4 is 5.97 Å².